The van der Waals surface area contributed by atoms with Crippen LogP contribution >= 0.6 is 15.9 Å². The molecule has 112 valence electrons. The molecule has 0 atom stereocenters. The van der Waals surface area contributed by atoms with Crippen molar-refractivity contribution in [1.29, 1.82) is 0 Å². The normalized spacial score (nSPS) is 11.5. The smallest absolute Gasteiger partial charge is 0.416 e. The third kappa shape index (κ3) is 3.66. The first kappa shape index (κ1) is 15.6. The summed E-state index contributed by atoms with van der Waals surface area (Å²) in [6, 6.07) is 8.18. The maximum atomic E-state index is 12.9. The number of rotatable bonds is 3. The van der Waals surface area contributed by atoms with Crippen molar-refractivity contribution in [3.05, 3.63) is 58.0 Å². The molecule has 0 saturated heterocycles. The van der Waals surface area contributed by atoms with Crippen molar-refractivity contribution in [3.8, 4) is 0 Å². The van der Waals surface area contributed by atoms with E-state index in [0.29, 0.717) is 4.67 Å². The maximum absolute atomic E-state index is 12.9. The highest BCUT2D eigenvalue weighted by atomic mass is 79.9. The van der Waals surface area contributed by atoms with Crippen molar-refractivity contribution in [3.63, 3.8) is 0 Å². The van der Waals surface area contributed by atoms with E-state index in [-0.39, 0.29) is 17.9 Å². The summed E-state index contributed by atoms with van der Waals surface area (Å²) in [5.41, 5.74) is -0.711. The highest BCUT2D eigenvalue weighted by Crippen LogP contribution is 2.32. The van der Waals surface area contributed by atoms with Gasteiger partial charge in [-0.3, -0.25) is 4.79 Å². The molecule has 1 aromatic carbocycles. The van der Waals surface area contributed by atoms with Gasteiger partial charge in [0.05, 0.1) is 5.56 Å². The second-order valence-corrected chi connectivity index (χ2v) is 5.20. The van der Waals surface area contributed by atoms with E-state index in [2.05, 4.69) is 15.9 Å². The van der Waals surface area contributed by atoms with Crippen LogP contribution in [0.5, 0.6) is 0 Å². The zero-order chi connectivity index (χ0) is 15.6. The van der Waals surface area contributed by atoms with Gasteiger partial charge >= 0.3 is 6.18 Å². The lowest BCUT2D eigenvalue weighted by Gasteiger charge is -2.19. The van der Waals surface area contributed by atoms with Crippen molar-refractivity contribution in [2.45, 2.75) is 12.7 Å². The van der Waals surface area contributed by atoms with Crippen molar-refractivity contribution in [2.75, 3.05) is 7.05 Å². The Hall–Kier alpha value is -1.76. The largest absolute Gasteiger partial charge is 0.444 e. The van der Waals surface area contributed by atoms with Gasteiger partial charge in [-0.2, -0.15) is 13.2 Å². The zero-order valence-corrected chi connectivity index (χ0v) is 12.5. The van der Waals surface area contributed by atoms with Crippen molar-refractivity contribution in [2.24, 2.45) is 0 Å². The van der Waals surface area contributed by atoms with Gasteiger partial charge in [-0.1, -0.05) is 18.2 Å². The molecule has 0 fully saturated rings. The van der Waals surface area contributed by atoms with Gasteiger partial charge in [-0.25, -0.2) is 0 Å². The Kier molecular flexibility index (Phi) is 4.41. The molecule has 1 amide bonds. The van der Waals surface area contributed by atoms with Gasteiger partial charge in [-0.15, -0.1) is 0 Å². The molecule has 7 heteroatoms. The minimum atomic E-state index is -4.45. The number of halogens is 4. The van der Waals surface area contributed by atoms with Gasteiger partial charge in [0.2, 0.25) is 0 Å². The molecule has 0 unspecified atom stereocenters. The molecule has 0 aliphatic heterocycles. The molecule has 0 saturated carbocycles. The first-order chi connectivity index (χ1) is 9.79. The van der Waals surface area contributed by atoms with Crippen LogP contribution < -0.4 is 0 Å². The third-order valence-corrected chi connectivity index (χ3v) is 3.29. The summed E-state index contributed by atoms with van der Waals surface area (Å²) in [4.78, 5) is 13.2. The second-order valence-electron chi connectivity index (χ2n) is 4.42. The first-order valence-electron chi connectivity index (χ1n) is 5.95. The summed E-state index contributed by atoms with van der Waals surface area (Å²) in [6.07, 6.45) is -4.45. The maximum Gasteiger partial charge on any atom is 0.416 e. The minimum Gasteiger partial charge on any atom is -0.444 e. The number of hydrogen-bond acceptors (Lipinski definition) is 2. The SMILES string of the molecule is CN(Cc1ccccc1C(F)(F)F)C(=O)c1ccc(Br)o1. The summed E-state index contributed by atoms with van der Waals surface area (Å²) in [5, 5.41) is 0. The van der Waals surface area contributed by atoms with Crippen molar-refractivity contribution < 1.29 is 22.4 Å². The van der Waals surface area contributed by atoms with E-state index in [1.807, 2.05) is 0 Å². The molecule has 21 heavy (non-hydrogen) atoms. The number of benzene rings is 1. The lowest BCUT2D eigenvalue weighted by atomic mass is 10.1. The van der Waals surface area contributed by atoms with Crippen LogP contribution in [0.4, 0.5) is 13.2 Å². The number of amides is 1. The van der Waals surface area contributed by atoms with Crippen LogP contribution in [0.1, 0.15) is 21.7 Å². The number of carbonyl (C=O) groups is 1. The Morgan fingerprint density at radius 3 is 2.48 bits per heavy atom. The summed E-state index contributed by atoms with van der Waals surface area (Å²) in [7, 11) is 1.42. The van der Waals surface area contributed by atoms with Gasteiger partial charge in [0.1, 0.15) is 0 Å². The molecule has 1 aromatic heterocycles. The lowest BCUT2D eigenvalue weighted by molar-refractivity contribution is -0.138. The zero-order valence-electron chi connectivity index (χ0n) is 10.9. The Morgan fingerprint density at radius 2 is 1.90 bits per heavy atom. The van der Waals surface area contributed by atoms with E-state index >= 15 is 0 Å². The van der Waals surface area contributed by atoms with E-state index in [4.69, 9.17) is 4.42 Å². The number of hydrogen-bond donors (Lipinski definition) is 0. The summed E-state index contributed by atoms with van der Waals surface area (Å²) < 4.78 is 44.2. The van der Waals surface area contributed by atoms with Crippen LogP contribution in [0.15, 0.2) is 45.5 Å². The van der Waals surface area contributed by atoms with Gasteiger partial charge in [0.25, 0.3) is 5.91 Å². The van der Waals surface area contributed by atoms with Gasteiger partial charge in [0.15, 0.2) is 10.4 Å². The molecular formula is C14H11BrF3NO2. The van der Waals surface area contributed by atoms with Gasteiger partial charge in [0, 0.05) is 13.6 Å². The minimum absolute atomic E-state index is 0.0338. The van der Waals surface area contributed by atoms with E-state index < -0.39 is 17.6 Å². The molecule has 1 heterocycles. The highest BCUT2D eigenvalue weighted by molar-refractivity contribution is 9.10. The molecule has 2 aromatic rings. The summed E-state index contributed by atoms with van der Waals surface area (Å²) >= 11 is 3.07. The molecule has 0 spiro atoms. The molecule has 3 nitrogen and oxygen atoms in total. The van der Waals surface area contributed by atoms with Crippen molar-refractivity contribution in [1.82, 2.24) is 4.90 Å². The number of carbonyl (C=O) groups excluding carboxylic acids is 1. The molecule has 2 rings (SSSR count). The Labute approximate surface area is 127 Å². The van der Waals surface area contributed by atoms with Crippen LogP contribution in [-0.2, 0) is 12.7 Å². The van der Waals surface area contributed by atoms with Crippen molar-refractivity contribution >= 4 is 21.8 Å². The average Bonchev–Trinajstić information content (AvgIpc) is 2.84. The number of nitrogens with zero attached hydrogens (tertiary/aromatic N) is 1. The number of alkyl halides is 3. The van der Waals surface area contributed by atoms with Crippen LogP contribution in [0, 0.1) is 0 Å². The molecule has 0 radical (unpaired) electrons. The highest BCUT2D eigenvalue weighted by Gasteiger charge is 2.33. The fourth-order valence-corrected chi connectivity index (χ4v) is 2.19. The van der Waals surface area contributed by atoms with Crippen LogP contribution in [0.2, 0.25) is 0 Å². The fraction of sp³-hybridized carbons (Fsp3) is 0.214. The monoisotopic (exact) mass is 361 g/mol. The molecule has 0 aliphatic rings. The standard InChI is InChI=1S/C14H11BrF3NO2/c1-19(13(20)11-6-7-12(15)21-11)8-9-4-2-3-5-10(9)14(16,17)18/h2-7H,8H2,1H3. The quantitative estimate of drug-likeness (QED) is 0.814. The molecular weight excluding hydrogens is 351 g/mol. The van der Waals surface area contributed by atoms with Crippen LogP contribution in [0.3, 0.4) is 0 Å². The molecule has 0 bridgehead atoms. The topological polar surface area (TPSA) is 33.5 Å². The first-order valence-corrected chi connectivity index (χ1v) is 6.74. The lowest BCUT2D eigenvalue weighted by Crippen LogP contribution is -2.27. The van der Waals surface area contributed by atoms with Gasteiger partial charge < -0.3 is 9.32 Å². The summed E-state index contributed by atoms with van der Waals surface area (Å²) in [6.45, 7) is -0.160. The Balaban J connectivity index is 2.20. The van der Waals surface area contributed by atoms with Crippen LogP contribution in [-0.4, -0.2) is 17.9 Å². The van der Waals surface area contributed by atoms with Crippen LogP contribution in [0.25, 0.3) is 0 Å². The molecule has 0 N–H and O–H groups in total. The predicted molar refractivity (Wildman–Crippen MR) is 73.6 cm³/mol. The van der Waals surface area contributed by atoms with E-state index in [1.165, 1.54) is 36.2 Å². The predicted octanol–water partition coefficient (Wildman–Crippen LogP) is 4.33. The van der Waals surface area contributed by atoms with Gasteiger partial charge in [-0.05, 0) is 39.7 Å². The van der Waals surface area contributed by atoms with E-state index in [1.54, 1.807) is 6.07 Å². The number of furan rings is 1. The average molecular weight is 362 g/mol. The Bertz CT molecular complexity index is 652. The Morgan fingerprint density at radius 1 is 1.24 bits per heavy atom. The fourth-order valence-electron chi connectivity index (χ4n) is 1.88. The summed E-state index contributed by atoms with van der Waals surface area (Å²) in [5.74, 6) is -0.424. The third-order valence-electron chi connectivity index (χ3n) is 2.86. The second kappa shape index (κ2) is 5.93. The van der Waals surface area contributed by atoms with E-state index in [9.17, 15) is 18.0 Å². The van der Waals surface area contributed by atoms with E-state index in [0.717, 1.165) is 6.07 Å². The molecule has 0 aliphatic carbocycles.